The molecule has 2 saturated heterocycles. The zero-order valence-corrected chi connectivity index (χ0v) is 12.1. The second-order valence-corrected chi connectivity index (χ2v) is 6.08. The minimum absolute atomic E-state index is 0.0322. The summed E-state index contributed by atoms with van der Waals surface area (Å²) in [6.07, 6.45) is 1.43. The Kier molecular flexibility index (Phi) is 3.69. The molecule has 0 spiro atoms. The molecule has 0 unspecified atom stereocenters. The van der Waals surface area contributed by atoms with Crippen LogP contribution < -0.4 is 0 Å². The summed E-state index contributed by atoms with van der Waals surface area (Å²) in [5.74, 6) is 0.0896. The Morgan fingerprint density at radius 3 is 1.85 bits per heavy atom. The van der Waals surface area contributed by atoms with Crippen molar-refractivity contribution in [1.82, 2.24) is 14.7 Å². The average Bonchev–Trinajstić information content (AvgIpc) is 3.29. The first kappa shape index (κ1) is 13.8. The lowest BCUT2D eigenvalue weighted by Crippen LogP contribution is -2.54. The van der Waals surface area contributed by atoms with E-state index in [2.05, 4.69) is 11.9 Å². The van der Waals surface area contributed by atoms with Crippen LogP contribution in [0.15, 0.2) is 0 Å². The van der Waals surface area contributed by atoms with E-state index in [1.54, 1.807) is 0 Å². The van der Waals surface area contributed by atoms with Gasteiger partial charge in [0.2, 0.25) is 11.8 Å². The molecule has 1 aliphatic carbocycles. The van der Waals surface area contributed by atoms with Gasteiger partial charge in [0, 0.05) is 39.3 Å². The lowest BCUT2D eigenvalue weighted by atomic mass is 10.0. The number of morpholine rings is 1. The van der Waals surface area contributed by atoms with Crippen LogP contribution in [0.4, 0.5) is 0 Å². The maximum atomic E-state index is 12.7. The van der Waals surface area contributed by atoms with Crippen molar-refractivity contribution in [1.29, 1.82) is 0 Å². The van der Waals surface area contributed by atoms with Crippen molar-refractivity contribution < 1.29 is 14.3 Å². The molecule has 2 aliphatic heterocycles. The van der Waals surface area contributed by atoms with E-state index < -0.39 is 5.41 Å². The maximum absolute atomic E-state index is 12.7. The number of carbonyl (C=O) groups excluding carboxylic acids is 2. The van der Waals surface area contributed by atoms with E-state index in [0.29, 0.717) is 39.1 Å². The third-order valence-electron chi connectivity index (χ3n) is 4.66. The third kappa shape index (κ3) is 2.42. The minimum Gasteiger partial charge on any atom is -0.378 e. The number of likely N-dealkylation sites (N-methyl/N-ethyl adjacent to an activating group) is 1. The molecule has 2 heterocycles. The second kappa shape index (κ2) is 5.33. The molecule has 112 valence electrons. The highest BCUT2D eigenvalue weighted by Crippen LogP contribution is 2.49. The molecular weight excluding hydrogens is 258 g/mol. The van der Waals surface area contributed by atoms with E-state index in [1.807, 2.05) is 9.80 Å². The number of carbonyl (C=O) groups is 2. The molecule has 0 aromatic rings. The van der Waals surface area contributed by atoms with Crippen LogP contribution in [0.25, 0.3) is 0 Å². The Morgan fingerprint density at radius 1 is 0.850 bits per heavy atom. The van der Waals surface area contributed by atoms with Gasteiger partial charge in [-0.25, -0.2) is 0 Å². The molecular formula is C14H23N3O3. The van der Waals surface area contributed by atoms with Crippen LogP contribution in [-0.4, -0.2) is 86.0 Å². The summed E-state index contributed by atoms with van der Waals surface area (Å²) >= 11 is 0. The van der Waals surface area contributed by atoms with Crippen molar-refractivity contribution >= 4 is 11.8 Å². The van der Waals surface area contributed by atoms with Crippen LogP contribution in [0, 0.1) is 5.41 Å². The van der Waals surface area contributed by atoms with E-state index >= 15 is 0 Å². The quantitative estimate of drug-likeness (QED) is 0.634. The molecule has 6 nitrogen and oxygen atoms in total. The number of ether oxygens (including phenoxy) is 1. The van der Waals surface area contributed by atoms with Gasteiger partial charge in [0.1, 0.15) is 5.41 Å². The fourth-order valence-corrected chi connectivity index (χ4v) is 3.03. The van der Waals surface area contributed by atoms with Crippen molar-refractivity contribution in [3.05, 3.63) is 0 Å². The highest BCUT2D eigenvalue weighted by atomic mass is 16.5. The summed E-state index contributed by atoms with van der Waals surface area (Å²) in [7, 11) is 2.06. The predicted molar refractivity (Wildman–Crippen MR) is 73.1 cm³/mol. The van der Waals surface area contributed by atoms with Gasteiger partial charge in [-0.05, 0) is 19.9 Å². The average molecular weight is 281 g/mol. The number of nitrogens with zero attached hydrogens (tertiary/aromatic N) is 3. The van der Waals surface area contributed by atoms with Crippen LogP contribution in [0.1, 0.15) is 12.8 Å². The van der Waals surface area contributed by atoms with Gasteiger partial charge in [-0.15, -0.1) is 0 Å². The van der Waals surface area contributed by atoms with Gasteiger partial charge >= 0.3 is 0 Å². The van der Waals surface area contributed by atoms with Crippen LogP contribution in [0.2, 0.25) is 0 Å². The molecule has 2 amide bonds. The zero-order chi connectivity index (χ0) is 14.2. The van der Waals surface area contributed by atoms with Crippen molar-refractivity contribution in [3.8, 4) is 0 Å². The number of rotatable bonds is 2. The topological polar surface area (TPSA) is 53.1 Å². The smallest absolute Gasteiger partial charge is 0.238 e. The van der Waals surface area contributed by atoms with Gasteiger partial charge in [-0.2, -0.15) is 0 Å². The summed E-state index contributed by atoms with van der Waals surface area (Å²) in [5, 5.41) is 0. The zero-order valence-electron chi connectivity index (χ0n) is 12.1. The molecule has 0 bridgehead atoms. The molecule has 3 aliphatic rings. The van der Waals surface area contributed by atoms with E-state index in [0.717, 1.165) is 26.2 Å². The summed E-state index contributed by atoms with van der Waals surface area (Å²) in [6, 6.07) is 0. The van der Waals surface area contributed by atoms with Crippen LogP contribution in [0.3, 0.4) is 0 Å². The third-order valence-corrected chi connectivity index (χ3v) is 4.66. The molecule has 0 atom stereocenters. The molecule has 3 rings (SSSR count). The first-order valence-corrected chi connectivity index (χ1v) is 7.48. The van der Waals surface area contributed by atoms with E-state index in [1.165, 1.54) is 0 Å². The van der Waals surface area contributed by atoms with Crippen LogP contribution in [-0.2, 0) is 14.3 Å². The summed E-state index contributed by atoms with van der Waals surface area (Å²) in [5.41, 5.74) is -0.729. The molecule has 0 N–H and O–H groups in total. The van der Waals surface area contributed by atoms with Gasteiger partial charge in [0.25, 0.3) is 0 Å². The highest BCUT2D eigenvalue weighted by molar-refractivity contribution is 6.07. The summed E-state index contributed by atoms with van der Waals surface area (Å²) in [4.78, 5) is 31.3. The lowest BCUT2D eigenvalue weighted by molar-refractivity contribution is -0.152. The van der Waals surface area contributed by atoms with Crippen molar-refractivity contribution in [2.24, 2.45) is 5.41 Å². The standard InChI is InChI=1S/C14H23N3O3/c1-15-4-6-16(7-5-15)12(18)14(2-3-14)13(19)17-8-10-20-11-9-17/h2-11H2,1H3. The Bertz CT molecular complexity index is 394. The Balaban J connectivity index is 1.65. The Labute approximate surface area is 119 Å². The van der Waals surface area contributed by atoms with Gasteiger partial charge in [0.05, 0.1) is 13.2 Å². The lowest BCUT2D eigenvalue weighted by Gasteiger charge is -2.36. The molecule has 3 fully saturated rings. The Hall–Kier alpha value is -1.14. The molecule has 0 aromatic carbocycles. The molecule has 1 saturated carbocycles. The molecule has 0 radical (unpaired) electrons. The monoisotopic (exact) mass is 281 g/mol. The minimum atomic E-state index is -0.729. The fourth-order valence-electron chi connectivity index (χ4n) is 3.03. The largest absolute Gasteiger partial charge is 0.378 e. The predicted octanol–water partition coefficient (Wildman–Crippen LogP) is -0.601. The second-order valence-electron chi connectivity index (χ2n) is 6.08. The van der Waals surface area contributed by atoms with E-state index in [9.17, 15) is 9.59 Å². The SMILES string of the molecule is CN1CCN(C(=O)C2(C(=O)N3CCOCC3)CC2)CC1. The number of hydrogen-bond donors (Lipinski definition) is 0. The molecule has 20 heavy (non-hydrogen) atoms. The normalized spacial score (nSPS) is 26.4. The number of piperazine rings is 1. The van der Waals surface area contributed by atoms with Crippen LogP contribution >= 0.6 is 0 Å². The maximum Gasteiger partial charge on any atom is 0.238 e. The fraction of sp³-hybridized carbons (Fsp3) is 0.857. The van der Waals surface area contributed by atoms with Crippen molar-refractivity contribution in [2.45, 2.75) is 12.8 Å². The summed E-state index contributed by atoms with van der Waals surface area (Å²) in [6.45, 7) is 5.70. The number of hydrogen-bond acceptors (Lipinski definition) is 4. The molecule has 6 heteroatoms. The van der Waals surface area contributed by atoms with Crippen molar-refractivity contribution in [3.63, 3.8) is 0 Å². The molecule has 0 aromatic heterocycles. The van der Waals surface area contributed by atoms with Gasteiger partial charge in [-0.3, -0.25) is 9.59 Å². The summed E-state index contributed by atoms with van der Waals surface area (Å²) < 4.78 is 5.28. The van der Waals surface area contributed by atoms with E-state index in [-0.39, 0.29) is 11.8 Å². The van der Waals surface area contributed by atoms with Crippen LogP contribution in [0.5, 0.6) is 0 Å². The Morgan fingerprint density at radius 2 is 1.35 bits per heavy atom. The van der Waals surface area contributed by atoms with E-state index in [4.69, 9.17) is 4.74 Å². The van der Waals surface area contributed by atoms with Gasteiger partial charge in [-0.1, -0.05) is 0 Å². The highest BCUT2D eigenvalue weighted by Gasteiger charge is 2.59. The van der Waals surface area contributed by atoms with Gasteiger partial charge in [0.15, 0.2) is 0 Å². The number of amides is 2. The van der Waals surface area contributed by atoms with Gasteiger partial charge < -0.3 is 19.4 Å². The first-order chi connectivity index (χ1) is 9.63. The first-order valence-electron chi connectivity index (χ1n) is 7.48. The van der Waals surface area contributed by atoms with Crippen molar-refractivity contribution in [2.75, 3.05) is 59.5 Å².